The minimum atomic E-state index is 0.722. The van der Waals surface area contributed by atoms with Crippen LogP contribution in [-0.2, 0) is 0 Å². The molecule has 1 saturated heterocycles. The van der Waals surface area contributed by atoms with Gasteiger partial charge < -0.3 is 14.7 Å². The molecule has 0 N–H and O–H groups in total. The first-order valence-electron chi connectivity index (χ1n) is 9.69. The Bertz CT molecular complexity index is 1130. The van der Waals surface area contributed by atoms with Crippen molar-refractivity contribution in [1.29, 1.82) is 0 Å². The molecular formula is C20H21ClN8S. The summed E-state index contributed by atoms with van der Waals surface area (Å²) in [6.45, 7) is 3.56. The Hall–Kier alpha value is -2.91. The molecule has 0 aliphatic carbocycles. The molecule has 154 valence electrons. The fourth-order valence-electron chi connectivity index (χ4n) is 3.43. The molecular weight excluding hydrogens is 420 g/mol. The normalized spacial score (nSPS) is 14.5. The molecule has 0 unspecified atom stereocenters. The smallest absolute Gasteiger partial charge is 0.226 e. The Balaban J connectivity index is 1.28. The summed E-state index contributed by atoms with van der Waals surface area (Å²) in [4.78, 5) is 21.1. The maximum Gasteiger partial charge on any atom is 0.226 e. The van der Waals surface area contributed by atoms with E-state index < -0.39 is 0 Å². The first kappa shape index (κ1) is 19.1. The van der Waals surface area contributed by atoms with Gasteiger partial charge in [0.1, 0.15) is 5.82 Å². The van der Waals surface area contributed by atoms with Crippen molar-refractivity contribution in [2.24, 2.45) is 0 Å². The third-order valence-electron chi connectivity index (χ3n) is 5.07. The van der Waals surface area contributed by atoms with Crippen LogP contribution >= 0.6 is 22.9 Å². The van der Waals surface area contributed by atoms with E-state index in [1.165, 1.54) is 0 Å². The van der Waals surface area contributed by atoms with Crippen molar-refractivity contribution in [3.63, 3.8) is 0 Å². The van der Waals surface area contributed by atoms with Gasteiger partial charge in [0.05, 0.1) is 11.9 Å². The number of nitrogens with zero attached hydrogens (tertiary/aromatic N) is 8. The van der Waals surface area contributed by atoms with Crippen LogP contribution in [0.25, 0.3) is 16.2 Å². The Labute approximate surface area is 183 Å². The van der Waals surface area contributed by atoms with Gasteiger partial charge in [-0.15, -0.1) is 5.10 Å². The Morgan fingerprint density at radius 3 is 2.40 bits per heavy atom. The highest BCUT2D eigenvalue weighted by Crippen LogP contribution is 2.28. The van der Waals surface area contributed by atoms with Crippen molar-refractivity contribution in [1.82, 2.24) is 24.6 Å². The lowest BCUT2D eigenvalue weighted by Gasteiger charge is -2.35. The largest absolute Gasteiger partial charge is 0.353 e. The number of fused-ring (bicyclic) bond motifs is 1. The Morgan fingerprint density at radius 1 is 0.967 bits per heavy atom. The number of imidazole rings is 1. The monoisotopic (exact) mass is 440 g/mol. The second-order valence-corrected chi connectivity index (χ2v) is 8.70. The summed E-state index contributed by atoms with van der Waals surface area (Å²) in [5, 5.41) is 6.48. The van der Waals surface area contributed by atoms with Gasteiger partial charge >= 0.3 is 0 Å². The summed E-state index contributed by atoms with van der Waals surface area (Å²) in [6.07, 6.45) is 3.79. The van der Waals surface area contributed by atoms with Crippen molar-refractivity contribution in [3.05, 3.63) is 47.7 Å². The molecule has 1 aliphatic rings. The van der Waals surface area contributed by atoms with Crippen LogP contribution in [0.1, 0.15) is 0 Å². The van der Waals surface area contributed by atoms with Gasteiger partial charge in [-0.3, -0.25) is 0 Å². The number of anilines is 3. The average Bonchev–Trinajstić information content (AvgIpc) is 3.34. The lowest BCUT2D eigenvalue weighted by atomic mass is 10.2. The number of hydrogen-bond acceptors (Lipinski definition) is 8. The first-order chi connectivity index (χ1) is 14.6. The number of benzene rings is 1. The van der Waals surface area contributed by atoms with E-state index in [-0.39, 0.29) is 0 Å². The van der Waals surface area contributed by atoms with Crippen LogP contribution in [0.2, 0.25) is 5.02 Å². The standard InChI is InChI=1S/C20H21ClN8S/c1-26(2)18-22-8-7-17(24-18)27-9-11-28(12-10-27)20-25-29-13-16(23-19(29)30-20)14-3-5-15(21)6-4-14/h3-8,13H,9-12H2,1-2H3. The zero-order chi connectivity index (χ0) is 20.7. The van der Waals surface area contributed by atoms with Gasteiger partial charge in [0.15, 0.2) is 0 Å². The Morgan fingerprint density at radius 2 is 1.70 bits per heavy atom. The molecule has 0 radical (unpaired) electrons. The maximum absolute atomic E-state index is 5.98. The molecule has 0 spiro atoms. The molecule has 0 atom stereocenters. The van der Waals surface area contributed by atoms with E-state index in [0.29, 0.717) is 0 Å². The van der Waals surface area contributed by atoms with Crippen LogP contribution < -0.4 is 14.7 Å². The van der Waals surface area contributed by atoms with E-state index in [1.807, 2.05) is 66.2 Å². The summed E-state index contributed by atoms with van der Waals surface area (Å²) in [6, 6.07) is 9.68. The molecule has 8 nitrogen and oxygen atoms in total. The quantitative estimate of drug-likeness (QED) is 0.482. The Kier molecular flexibility index (Phi) is 4.92. The van der Waals surface area contributed by atoms with Crippen molar-refractivity contribution in [2.45, 2.75) is 0 Å². The number of halogens is 1. The van der Waals surface area contributed by atoms with Gasteiger partial charge in [0.2, 0.25) is 16.0 Å². The molecule has 1 aliphatic heterocycles. The average molecular weight is 441 g/mol. The second-order valence-electron chi connectivity index (χ2n) is 7.33. The molecule has 0 bridgehead atoms. The molecule has 3 aromatic heterocycles. The van der Waals surface area contributed by atoms with Gasteiger partial charge in [-0.25, -0.2) is 14.5 Å². The minimum Gasteiger partial charge on any atom is -0.353 e. The van der Waals surface area contributed by atoms with E-state index in [4.69, 9.17) is 21.7 Å². The lowest BCUT2D eigenvalue weighted by Crippen LogP contribution is -2.47. The highest BCUT2D eigenvalue weighted by Gasteiger charge is 2.22. The summed E-state index contributed by atoms with van der Waals surface area (Å²) in [5.74, 6) is 1.70. The van der Waals surface area contributed by atoms with Crippen LogP contribution in [0, 0.1) is 0 Å². The molecule has 30 heavy (non-hydrogen) atoms. The van der Waals surface area contributed by atoms with Crippen LogP contribution in [0.3, 0.4) is 0 Å². The van der Waals surface area contributed by atoms with E-state index in [2.05, 4.69) is 19.8 Å². The predicted octanol–water partition coefficient (Wildman–Crippen LogP) is 3.29. The van der Waals surface area contributed by atoms with Crippen LogP contribution in [0.5, 0.6) is 0 Å². The van der Waals surface area contributed by atoms with Crippen molar-refractivity contribution in [2.75, 3.05) is 55.0 Å². The lowest BCUT2D eigenvalue weighted by molar-refractivity contribution is 0.641. The highest BCUT2D eigenvalue weighted by atomic mass is 35.5. The van der Waals surface area contributed by atoms with Crippen LogP contribution in [-0.4, -0.2) is 64.8 Å². The number of piperazine rings is 1. The van der Waals surface area contributed by atoms with Gasteiger partial charge in [-0.1, -0.05) is 35.1 Å². The fraction of sp³-hybridized carbons (Fsp3) is 0.300. The third-order valence-corrected chi connectivity index (χ3v) is 6.31. The maximum atomic E-state index is 5.98. The molecule has 1 aromatic carbocycles. The van der Waals surface area contributed by atoms with Crippen molar-refractivity contribution < 1.29 is 0 Å². The van der Waals surface area contributed by atoms with Gasteiger partial charge in [0.25, 0.3) is 0 Å². The van der Waals surface area contributed by atoms with Crippen LogP contribution in [0.15, 0.2) is 42.7 Å². The van der Waals surface area contributed by atoms with E-state index in [1.54, 1.807) is 11.3 Å². The van der Waals surface area contributed by atoms with Crippen molar-refractivity contribution >= 4 is 44.8 Å². The van der Waals surface area contributed by atoms with E-state index in [9.17, 15) is 0 Å². The molecule has 0 amide bonds. The number of rotatable bonds is 4. The van der Waals surface area contributed by atoms with Gasteiger partial charge in [0, 0.05) is 57.1 Å². The summed E-state index contributed by atoms with van der Waals surface area (Å²) >= 11 is 7.60. The van der Waals surface area contributed by atoms with E-state index in [0.717, 1.165) is 64.3 Å². The predicted molar refractivity (Wildman–Crippen MR) is 122 cm³/mol. The molecule has 4 aromatic rings. The molecule has 1 fully saturated rings. The highest BCUT2D eigenvalue weighted by molar-refractivity contribution is 7.20. The summed E-state index contributed by atoms with van der Waals surface area (Å²) in [5.41, 5.74) is 1.94. The van der Waals surface area contributed by atoms with Crippen molar-refractivity contribution in [3.8, 4) is 11.3 Å². The van der Waals surface area contributed by atoms with Gasteiger partial charge in [-0.05, 0) is 18.2 Å². The fourth-order valence-corrected chi connectivity index (χ4v) is 4.50. The SMILES string of the molecule is CN(C)c1nccc(N2CCN(c3nn4cc(-c5ccc(Cl)cc5)nc4s3)CC2)n1. The third kappa shape index (κ3) is 3.66. The molecule has 10 heteroatoms. The molecule has 5 rings (SSSR count). The molecule has 0 saturated carbocycles. The second kappa shape index (κ2) is 7.73. The zero-order valence-corrected chi connectivity index (χ0v) is 18.3. The zero-order valence-electron chi connectivity index (χ0n) is 16.7. The van der Waals surface area contributed by atoms with E-state index >= 15 is 0 Å². The summed E-state index contributed by atoms with van der Waals surface area (Å²) < 4.78 is 1.87. The minimum absolute atomic E-state index is 0.722. The topological polar surface area (TPSA) is 65.7 Å². The summed E-state index contributed by atoms with van der Waals surface area (Å²) in [7, 11) is 3.91. The van der Waals surface area contributed by atoms with Gasteiger partial charge in [-0.2, -0.15) is 4.98 Å². The number of hydrogen-bond donors (Lipinski definition) is 0. The number of aromatic nitrogens is 5. The van der Waals surface area contributed by atoms with Crippen LogP contribution in [0.4, 0.5) is 16.9 Å². The molecule has 4 heterocycles. The first-order valence-corrected chi connectivity index (χ1v) is 10.9.